The molecule has 1 aliphatic rings. The molecule has 1 amide bonds. The van der Waals surface area contributed by atoms with Gasteiger partial charge in [-0.15, -0.1) is 0 Å². The number of benzene rings is 2. The number of carbonyl (C=O) groups excluding carboxylic acids is 2. The number of amides is 1. The molecule has 0 atom stereocenters. The van der Waals surface area contributed by atoms with E-state index in [1.54, 1.807) is 49.4 Å². The fourth-order valence-corrected chi connectivity index (χ4v) is 2.88. The number of ether oxygens (including phenoxy) is 3. The van der Waals surface area contributed by atoms with Crippen LogP contribution >= 0.6 is 0 Å². The van der Waals surface area contributed by atoms with Crippen molar-refractivity contribution in [2.24, 2.45) is 0 Å². The van der Waals surface area contributed by atoms with E-state index < -0.39 is 11.9 Å². The Morgan fingerprint density at radius 1 is 1.07 bits per heavy atom. The maximum Gasteiger partial charge on any atom is 0.376 e. The summed E-state index contributed by atoms with van der Waals surface area (Å²) in [6, 6.07) is 12.0. The molecular formula is C20H17NO6. The predicted octanol–water partition coefficient (Wildman–Crippen LogP) is 3.63. The van der Waals surface area contributed by atoms with Crippen LogP contribution in [0.1, 0.15) is 27.8 Å². The first-order valence-electron chi connectivity index (χ1n) is 8.57. The van der Waals surface area contributed by atoms with Gasteiger partial charge in [0, 0.05) is 10.9 Å². The van der Waals surface area contributed by atoms with Gasteiger partial charge in [0.1, 0.15) is 24.5 Å². The molecule has 4 rings (SSSR count). The van der Waals surface area contributed by atoms with E-state index in [4.69, 9.17) is 18.6 Å². The first kappa shape index (κ1) is 17.0. The van der Waals surface area contributed by atoms with Crippen LogP contribution in [0, 0.1) is 0 Å². The van der Waals surface area contributed by atoms with Crippen LogP contribution in [0.4, 0.5) is 5.69 Å². The fourth-order valence-electron chi connectivity index (χ4n) is 2.88. The summed E-state index contributed by atoms with van der Waals surface area (Å²) in [4.78, 5) is 25.0. The van der Waals surface area contributed by atoms with E-state index in [-0.39, 0.29) is 18.1 Å². The second-order valence-electron chi connectivity index (χ2n) is 5.84. The standard InChI is InChI=1S/C20H17NO6/c1-2-24-20(23)18-17(13-5-3-4-6-14(13)27-18)21-19(22)12-7-8-15-16(11-12)26-10-9-25-15/h3-8,11H,2,9-10H2,1H3,(H,21,22). The van der Waals surface area contributed by atoms with Gasteiger partial charge in [0.15, 0.2) is 11.5 Å². The van der Waals surface area contributed by atoms with Gasteiger partial charge >= 0.3 is 5.97 Å². The summed E-state index contributed by atoms with van der Waals surface area (Å²) in [5.41, 5.74) is 1.14. The summed E-state index contributed by atoms with van der Waals surface area (Å²) in [6.45, 7) is 2.80. The van der Waals surface area contributed by atoms with E-state index in [0.29, 0.717) is 41.2 Å². The molecule has 0 bridgehead atoms. The highest BCUT2D eigenvalue weighted by atomic mass is 16.6. The van der Waals surface area contributed by atoms with Gasteiger partial charge in [0.2, 0.25) is 5.76 Å². The number of anilines is 1. The normalized spacial score (nSPS) is 12.6. The third-order valence-electron chi connectivity index (χ3n) is 4.10. The summed E-state index contributed by atoms with van der Waals surface area (Å²) < 4.78 is 21.6. The molecule has 7 heteroatoms. The van der Waals surface area contributed by atoms with E-state index in [0.717, 1.165) is 0 Å². The van der Waals surface area contributed by atoms with Crippen LogP contribution in [0.15, 0.2) is 46.9 Å². The summed E-state index contributed by atoms with van der Waals surface area (Å²) in [5.74, 6) is 0.0366. The zero-order valence-corrected chi connectivity index (χ0v) is 14.6. The topological polar surface area (TPSA) is 87.0 Å². The molecule has 1 aliphatic heterocycles. The molecule has 1 N–H and O–H groups in total. The molecule has 0 unspecified atom stereocenters. The molecule has 0 fully saturated rings. The van der Waals surface area contributed by atoms with Crippen LogP contribution < -0.4 is 14.8 Å². The smallest absolute Gasteiger partial charge is 0.376 e. The summed E-state index contributed by atoms with van der Waals surface area (Å²) in [6.07, 6.45) is 0. The Morgan fingerprint density at radius 2 is 1.85 bits per heavy atom. The lowest BCUT2D eigenvalue weighted by Gasteiger charge is -2.18. The number of fused-ring (bicyclic) bond motifs is 2. The van der Waals surface area contributed by atoms with Crippen molar-refractivity contribution in [2.75, 3.05) is 25.1 Å². The minimum Gasteiger partial charge on any atom is -0.486 e. The molecule has 0 spiro atoms. The van der Waals surface area contributed by atoms with Gasteiger partial charge in [-0.25, -0.2) is 4.79 Å². The molecule has 1 aromatic heterocycles. The van der Waals surface area contributed by atoms with Crippen molar-refractivity contribution >= 4 is 28.5 Å². The minimum absolute atomic E-state index is 0.0380. The quantitative estimate of drug-likeness (QED) is 0.709. The molecule has 0 saturated heterocycles. The second-order valence-corrected chi connectivity index (χ2v) is 5.84. The monoisotopic (exact) mass is 367 g/mol. The largest absolute Gasteiger partial charge is 0.486 e. The van der Waals surface area contributed by atoms with Crippen LogP contribution in [-0.2, 0) is 4.74 Å². The maximum atomic E-state index is 12.8. The molecule has 2 aromatic carbocycles. The third-order valence-corrected chi connectivity index (χ3v) is 4.10. The van der Waals surface area contributed by atoms with Crippen molar-refractivity contribution in [3.63, 3.8) is 0 Å². The van der Waals surface area contributed by atoms with Gasteiger partial charge < -0.3 is 23.9 Å². The summed E-state index contributed by atoms with van der Waals surface area (Å²) in [5, 5.41) is 3.38. The van der Waals surface area contributed by atoms with Crippen LogP contribution in [0.3, 0.4) is 0 Å². The van der Waals surface area contributed by atoms with Crippen molar-refractivity contribution in [1.29, 1.82) is 0 Å². The van der Waals surface area contributed by atoms with E-state index in [2.05, 4.69) is 5.32 Å². The third kappa shape index (κ3) is 3.19. The number of hydrogen-bond donors (Lipinski definition) is 1. The molecule has 138 valence electrons. The van der Waals surface area contributed by atoms with Crippen molar-refractivity contribution in [3.8, 4) is 11.5 Å². The Bertz CT molecular complexity index is 1020. The fraction of sp³-hybridized carbons (Fsp3) is 0.200. The maximum absolute atomic E-state index is 12.8. The molecular weight excluding hydrogens is 350 g/mol. The van der Waals surface area contributed by atoms with E-state index >= 15 is 0 Å². The van der Waals surface area contributed by atoms with Crippen molar-refractivity contribution in [3.05, 3.63) is 53.8 Å². The highest BCUT2D eigenvalue weighted by Gasteiger charge is 2.24. The summed E-state index contributed by atoms with van der Waals surface area (Å²) in [7, 11) is 0. The molecule has 0 aliphatic carbocycles. The minimum atomic E-state index is -0.633. The molecule has 3 aromatic rings. The average molecular weight is 367 g/mol. The first-order chi connectivity index (χ1) is 13.2. The lowest BCUT2D eigenvalue weighted by atomic mass is 10.1. The van der Waals surface area contributed by atoms with Gasteiger partial charge in [-0.3, -0.25) is 4.79 Å². The number of para-hydroxylation sites is 1. The highest BCUT2D eigenvalue weighted by molar-refractivity contribution is 6.13. The van der Waals surface area contributed by atoms with Gasteiger partial charge in [0.25, 0.3) is 5.91 Å². The van der Waals surface area contributed by atoms with Crippen molar-refractivity contribution in [1.82, 2.24) is 0 Å². The number of furan rings is 1. The summed E-state index contributed by atoms with van der Waals surface area (Å²) >= 11 is 0. The number of carbonyl (C=O) groups is 2. The predicted molar refractivity (Wildman–Crippen MR) is 97.6 cm³/mol. The zero-order chi connectivity index (χ0) is 18.8. The van der Waals surface area contributed by atoms with Crippen LogP contribution in [0.2, 0.25) is 0 Å². The molecule has 0 radical (unpaired) electrons. The molecule has 0 saturated carbocycles. The number of rotatable bonds is 4. The Kier molecular flexibility index (Phi) is 4.42. The van der Waals surface area contributed by atoms with E-state index in [9.17, 15) is 9.59 Å². The van der Waals surface area contributed by atoms with E-state index in [1.165, 1.54) is 0 Å². The van der Waals surface area contributed by atoms with Gasteiger partial charge in [-0.05, 0) is 37.3 Å². The lowest BCUT2D eigenvalue weighted by Crippen LogP contribution is -2.18. The Morgan fingerprint density at radius 3 is 2.67 bits per heavy atom. The first-order valence-corrected chi connectivity index (χ1v) is 8.57. The number of hydrogen-bond acceptors (Lipinski definition) is 6. The van der Waals surface area contributed by atoms with Crippen LogP contribution in [0.25, 0.3) is 11.0 Å². The Hall–Kier alpha value is -3.48. The van der Waals surface area contributed by atoms with Crippen LogP contribution in [-0.4, -0.2) is 31.7 Å². The highest BCUT2D eigenvalue weighted by Crippen LogP contribution is 2.33. The average Bonchev–Trinajstić information content (AvgIpc) is 3.06. The number of esters is 1. The lowest BCUT2D eigenvalue weighted by molar-refractivity contribution is 0.0494. The number of nitrogens with one attached hydrogen (secondary N) is 1. The Labute approximate surface area is 154 Å². The van der Waals surface area contributed by atoms with Crippen LogP contribution in [0.5, 0.6) is 11.5 Å². The van der Waals surface area contributed by atoms with Gasteiger partial charge in [-0.2, -0.15) is 0 Å². The zero-order valence-electron chi connectivity index (χ0n) is 14.6. The molecule has 7 nitrogen and oxygen atoms in total. The van der Waals surface area contributed by atoms with Crippen molar-refractivity contribution < 1.29 is 28.2 Å². The van der Waals surface area contributed by atoms with E-state index in [1.807, 2.05) is 0 Å². The SMILES string of the molecule is CCOC(=O)c1oc2ccccc2c1NC(=O)c1ccc2c(c1)OCCO2. The molecule has 27 heavy (non-hydrogen) atoms. The van der Waals surface area contributed by atoms with Crippen molar-refractivity contribution in [2.45, 2.75) is 6.92 Å². The van der Waals surface area contributed by atoms with Gasteiger partial charge in [0.05, 0.1) is 6.61 Å². The Balaban J connectivity index is 1.69. The second kappa shape index (κ2) is 7.03. The molecule has 2 heterocycles. The van der Waals surface area contributed by atoms with Gasteiger partial charge in [-0.1, -0.05) is 12.1 Å².